The second kappa shape index (κ2) is 13.3. The Morgan fingerprint density at radius 3 is 2.03 bits per heavy atom. The molecule has 0 spiro atoms. The number of anilines is 1. The Morgan fingerprint density at radius 1 is 0.789 bits per heavy atom. The first-order chi connectivity index (χ1) is 18.4. The number of para-hydroxylation sites is 1. The largest absolute Gasteiger partial charge is 0.352 e. The maximum atomic E-state index is 13.0. The molecule has 0 radical (unpaired) electrons. The van der Waals surface area contributed by atoms with E-state index in [1.165, 1.54) is 4.31 Å². The average molecular weight is 534 g/mol. The number of hydrogen-bond donors (Lipinski definition) is 2. The topological polar surface area (TPSA) is 95.6 Å². The van der Waals surface area contributed by atoms with E-state index >= 15 is 0 Å². The Balaban J connectivity index is 1.25. The van der Waals surface area contributed by atoms with Gasteiger partial charge in [-0.05, 0) is 55.4 Å². The third kappa shape index (κ3) is 7.76. The molecule has 7 nitrogen and oxygen atoms in total. The van der Waals surface area contributed by atoms with Crippen LogP contribution in [0.1, 0.15) is 40.7 Å². The number of carbonyl (C=O) groups excluding carboxylic acids is 2. The van der Waals surface area contributed by atoms with Gasteiger partial charge in [0.05, 0.1) is 17.0 Å². The van der Waals surface area contributed by atoms with Crippen LogP contribution in [-0.4, -0.2) is 49.9 Å². The highest BCUT2D eigenvalue weighted by Crippen LogP contribution is 2.23. The molecule has 0 saturated carbocycles. The molecule has 1 heterocycles. The average Bonchev–Trinajstić information content (AvgIpc) is 2.94. The number of sulfonamides is 1. The number of carbonyl (C=O) groups is 2. The van der Waals surface area contributed by atoms with Gasteiger partial charge in [-0.2, -0.15) is 0 Å². The maximum Gasteiger partial charge on any atom is 0.253 e. The molecule has 200 valence electrons. The van der Waals surface area contributed by atoms with Crippen molar-refractivity contribution >= 4 is 27.5 Å². The minimum absolute atomic E-state index is 0.103. The third-order valence-corrected chi connectivity index (χ3v) is 8.86. The molecule has 2 N–H and O–H groups in total. The lowest BCUT2D eigenvalue weighted by molar-refractivity contribution is -0.120. The molecule has 0 unspecified atom stereocenters. The van der Waals surface area contributed by atoms with E-state index in [2.05, 4.69) is 10.6 Å². The lowest BCUT2D eigenvalue weighted by Crippen LogP contribution is -2.42. The number of nitrogens with one attached hydrogen (secondary N) is 2. The molecule has 4 rings (SSSR count). The van der Waals surface area contributed by atoms with E-state index in [1.807, 2.05) is 60.7 Å². The van der Waals surface area contributed by atoms with Gasteiger partial charge >= 0.3 is 0 Å². The van der Waals surface area contributed by atoms with Crippen molar-refractivity contribution in [2.75, 3.05) is 30.7 Å². The molecule has 1 aliphatic heterocycles. The first-order valence-corrected chi connectivity index (χ1v) is 14.8. The van der Waals surface area contributed by atoms with Crippen LogP contribution in [-0.2, 0) is 27.7 Å². The van der Waals surface area contributed by atoms with Crippen LogP contribution in [0.2, 0.25) is 0 Å². The van der Waals surface area contributed by atoms with Crippen LogP contribution in [0, 0.1) is 5.92 Å². The van der Waals surface area contributed by atoms with Gasteiger partial charge in [0, 0.05) is 25.6 Å². The number of amides is 2. The van der Waals surface area contributed by atoms with Crippen LogP contribution in [0.4, 0.5) is 5.69 Å². The number of hydrogen-bond acceptors (Lipinski definition) is 4. The van der Waals surface area contributed by atoms with E-state index in [-0.39, 0.29) is 23.5 Å². The molecule has 3 aromatic rings. The van der Waals surface area contributed by atoms with Gasteiger partial charge in [-0.3, -0.25) is 9.59 Å². The molecular weight excluding hydrogens is 498 g/mol. The van der Waals surface area contributed by atoms with E-state index in [0.29, 0.717) is 50.1 Å². The fourth-order valence-electron chi connectivity index (χ4n) is 4.71. The third-order valence-electron chi connectivity index (χ3n) is 6.90. The van der Waals surface area contributed by atoms with E-state index in [0.717, 1.165) is 24.0 Å². The summed E-state index contributed by atoms with van der Waals surface area (Å²) in [5.74, 6) is -0.630. The van der Waals surface area contributed by atoms with Gasteiger partial charge in [0.2, 0.25) is 15.9 Å². The molecule has 0 bridgehead atoms. The quantitative estimate of drug-likeness (QED) is 0.385. The van der Waals surface area contributed by atoms with Crippen molar-refractivity contribution in [2.24, 2.45) is 5.92 Å². The fourth-order valence-corrected chi connectivity index (χ4v) is 6.25. The molecule has 2 amide bonds. The Morgan fingerprint density at radius 2 is 1.37 bits per heavy atom. The van der Waals surface area contributed by atoms with Gasteiger partial charge in [-0.15, -0.1) is 0 Å². The van der Waals surface area contributed by atoms with Crippen LogP contribution in [0.3, 0.4) is 0 Å². The molecule has 3 aromatic carbocycles. The van der Waals surface area contributed by atoms with E-state index < -0.39 is 10.0 Å². The first kappa shape index (κ1) is 27.5. The summed E-state index contributed by atoms with van der Waals surface area (Å²) in [6, 6.07) is 26.7. The van der Waals surface area contributed by atoms with Crippen molar-refractivity contribution in [3.63, 3.8) is 0 Å². The summed E-state index contributed by atoms with van der Waals surface area (Å²) in [6.07, 6.45) is 2.91. The molecular formula is C30H35N3O4S. The second-order valence-electron chi connectivity index (χ2n) is 9.60. The van der Waals surface area contributed by atoms with Crippen LogP contribution in [0.15, 0.2) is 84.9 Å². The molecule has 0 atom stereocenters. The summed E-state index contributed by atoms with van der Waals surface area (Å²) in [4.78, 5) is 25.8. The number of piperidine rings is 1. The summed E-state index contributed by atoms with van der Waals surface area (Å²) >= 11 is 0. The highest BCUT2D eigenvalue weighted by molar-refractivity contribution is 7.89. The standard InChI is InChI=1S/C30H35N3O4S/c34-29(26-18-21-33(22-19-26)38(36,37)23-9-14-24-10-3-1-4-11-24)32-28-16-8-7-15-27(28)30(35)31-20-17-25-12-5-2-6-13-25/h1-8,10-13,15-16,26H,9,14,17-23H2,(H,31,35)(H,32,34). The molecule has 1 aliphatic rings. The van der Waals surface area contributed by atoms with Crippen LogP contribution in [0.5, 0.6) is 0 Å². The van der Waals surface area contributed by atoms with Crippen LogP contribution in [0.25, 0.3) is 0 Å². The summed E-state index contributed by atoms with van der Waals surface area (Å²) in [6.45, 7) is 1.14. The van der Waals surface area contributed by atoms with Crippen molar-refractivity contribution in [2.45, 2.75) is 32.1 Å². The lowest BCUT2D eigenvalue weighted by atomic mass is 9.97. The smallest absolute Gasteiger partial charge is 0.253 e. The Kier molecular flexibility index (Phi) is 9.67. The zero-order chi connectivity index (χ0) is 26.8. The Hall–Kier alpha value is -3.49. The van der Waals surface area contributed by atoms with E-state index in [1.54, 1.807) is 24.3 Å². The van der Waals surface area contributed by atoms with Gasteiger partial charge in [-0.1, -0.05) is 72.8 Å². The van der Waals surface area contributed by atoms with Crippen molar-refractivity contribution in [3.8, 4) is 0 Å². The molecule has 8 heteroatoms. The van der Waals surface area contributed by atoms with Crippen molar-refractivity contribution in [1.29, 1.82) is 0 Å². The first-order valence-electron chi connectivity index (χ1n) is 13.2. The number of nitrogens with zero attached hydrogens (tertiary/aromatic N) is 1. The molecule has 1 saturated heterocycles. The highest BCUT2D eigenvalue weighted by Gasteiger charge is 2.31. The summed E-state index contributed by atoms with van der Waals surface area (Å²) in [5.41, 5.74) is 3.14. The SMILES string of the molecule is O=C(NCCc1ccccc1)c1ccccc1NC(=O)C1CCN(S(=O)(=O)CCCc2ccccc2)CC1. The van der Waals surface area contributed by atoms with Gasteiger partial charge in [0.15, 0.2) is 0 Å². The summed E-state index contributed by atoms with van der Waals surface area (Å²) < 4.78 is 27.2. The normalized spacial score (nSPS) is 14.6. The zero-order valence-corrected chi connectivity index (χ0v) is 22.3. The van der Waals surface area contributed by atoms with E-state index in [9.17, 15) is 18.0 Å². The minimum atomic E-state index is -3.36. The predicted molar refractivity (Wildman–Crippen MR) is 150 cm³/mol. The number of benzene rings is 3. The predicted octanol–water partition coefficient (Wildman–Crippen LogP) is 4.27. The summed E-state index contributed by atoms with van der Waals surface area (Å²) in [5, 5.41) is 5.83. The number of aryl methyl sites for hydroxylation is 1. The van der Waals surface area contributed by atoms with Crippen LogP contribution >= 0.6 is 0 Å². The Bertz CT molecular complexity index is 1310. The maximum absolute atomic E-state index is 13.0. The Labute approximate surface area is 225 Å². The molecule has 0 aliphatic carbocycles. The zero-order valence-electron chi connectivity index (χ0n) is 21.5. The molecule has 1 fully saturated rings. The van der Waals surface area contributed by atoms with Crippen molar-refractivity contribution < 1.29 is 18.0 Å². The monoisotopic (exact) mass is 533 g/mol. The van der Waals surface area contributed by atoms with Gasteiger partial charge in [0.25, 0.3) is 5.91 Å². The van der Waals surface area contributed by atoms with E-state index in [4.69, 9.17) is 0 Å². The van der Waals surface area contributed by atoms with Gasteiger partial charge < -0.3 is 10.6 Å². The number of rotatable bonds is 11. The van der Waals surface area contributed by atoms with Crippen molar-refractivity contribution in [3.05, 3.63) is 102 Å². The fraction of sp³-hybridized carbons (Fsp3) is 0.333. The minimum Gasteiger partial charge on any atom is -0.352 e. The highest BCUT2D eigenvalue weighted by atomic mass is 32.2. The summed E-state index contributed by atoms with van der Waals surface area (Å²) in [7, 11) is -3.36. The van der Waals surface area contributed by atoms with Gasteiger partial charge in [0.1, 0.15) is 0 Å². The van der Waals surface area contributed by atoms with Gasteiger partial charge in [-0.25, -0.2) is 12.7 Å². The molecule has 0 aromatic heterocycles. The second-order valence-corrected chi connectivity index (χ2v) is 11.7. The lowest BCUT2D eigenvalue weighted by Gasteiger charge is -2.30. The van der Waals surface area contributed by atoms with Crippen molar-refractivity contribution in [1.82, 2.24) is 9.62 Å². The van der Waals surface area contributed by atoms with Crippen LogP contribution < -0.4 is 10.6 Å². The molecule has 38 heavy (non-hydrogen) atoms.